The van der Waals surface area contributed by atoms with Crippen molar-refractivity contribution in [1.82, 2.24) is 24.5 Å². The van der Waals surface area contributed by atoms with Gasteiger partial charge in [0.25, 0.3) is 0 Å². The highest BCUT2D eigenvalue weighted by Crippen LogP contribution is 2.32. The van der Waals surface area contributed by atoms with E-state index in [9.17, 15) is 10.1 Å². The van der Waals surface area contributed by atoms with Crippen molar-refractivity contribution in [3.05, 3.63) is 47.3 Å². The second kappa shape index (κ2) is 6.32. The van der Waals surface area contributed by atoms with Crippen molar-refractivity contribution in [3.63, 3.8) is 0 Å². The molecule has 0 aliphatic carbocycles. The maximum absolute atomic E-state index is 12.6. The lowest BCUT2D eigenvalue weighted by Gasteiger charge is -2.30. The third-order valence-electron chi connectivity index (χ3n) is 5.51. The molecular formula is C20H18N6O2. The topological polar surface area (TPSA) is 112 Å². The van der Waals surface area contributed by atoms with Gasteiger partial charge in [0.2, 0.25) is 0 Å². The van der Waals surface area contributed by atoms with E-state index in [1.165, 1.54) is 0 Å². The van der Waals surface area contributed by atoms with E-state index in [1.807, 2.05) is 24.4 Å². The molecule has 4 aromatic rings. The second-order valence-electron chi connectivity index (χ2n) is 7.25. The number of hydrogen-bond donors (Lipinski definition) is 2. The number of nitrogens with zero attached hydrogens (tertiary/aromatic N) is 4. The first-order chi connectivity index (χ1) is 13.7. The number of fused-ring (bicyclic) bond motifs is 2. The largest absolute Gasteiger partial charge is 0.381 e. The van der Waals surface area contributed by atoms with Gasteiger partial charge in [-0.1, -0.05) is 0 Å². The van der Waals surface area contributed by atoms with E-state index in [2.05, 4.69) is 26.0 Å². The second-order valence-corrected chi connectivity index (χ2v) is 7.25. The van der Waals surface area contributed by atoms with E-state index in [1.54, 1.807) is 17.0 Å². The highest BCUT2D eigenvalue weighted by molar-refractivity contribution is 5.84. The molecule has 28 heavy (non-hydrogen) atoms. The zero-order valence-electron chi connectivity index (χ0n) is 15.1. The van der Waals surface area contributed by atoms with Crippen LogP contribution in [0.3, 0.4) is 0 Å². The lowest BCUT2D eigenvalue weighted by atomic mass is 9.81. The lowest BCUT2D eigenvalue weighted by Crippen LogP contribution is -2.35. The van der Waals surface area contributed by atoms with Gasteiger partial charge in [-0.15, -0.1) is 0 Å². The zero-order valence-corrected chi connectivity index (χ0v) is 15.1. The third kappa shape index (κ3) is 2.68. The fourth-order valence-electron chi connectivity index (χ4n) is 3.82. The van der Waals surface area contributed by atoms with Gasteiger partial charge in [0, 0.05) is 54.9 Å². The Hall–Kier alpha value is -3.44. The summed E-state index contributed by atoms with van der Waals surface area (Å²) in [6.45, 7) is 1.40. The van der Waals surface area contributed by atoms with Crippen LogP contribution in [-0.2, 0) is 11.3 Å². The summed E-state index contributed by atoms with van der Waals surface area (Å²) in [7, 11) is 0. The fourth-order valence-corrected chi connectivity index (χ4v) is 3.82. The molecule has 1 aliphatic heterocycles. The molecule has 0 spiro atoms. The summed E-state index contributed by atoms with van der Waals surface area (Å²) in [6, 6.07) is 8.35. The van der Waals surface area contributed by atoms with Gasteiger partial charge < -0.3 is 9.72 Å². The number of nitrogens with one attached hydrogen (secondary N) is 2. The van der Waals surface area contributed by atoms with Crippen LogP contribution in [0.4, 0.5) is 0 Å². The number of pyridine rings is 2. The summed E-state index contributed by atoms with van der Waals surface area (Å²) >= 11 is 0. The third-order valence-corrected chi connectivity index (χ3v) is 5.51. The maximum Gasteiger partial charge on any atom is 0.327 e. The number of aromatic nitrogens is 5. The first-order valence-electron chi connectivity index (χ1n) is 9.19. The number of ether oxygens (including phenoxy) is 1. The van der Waals surface area contributed by atoms with Crippen molar-refractivity contribution in [3.8, 4) is 17.2 Å². The minimum atomic E-state index is -0.598. The molecule has 4 aromatic heterocycles. The fraction of sp³-hybridized carbons (Fsp3) is 0.300. The molecule has 0 amide bonds. The molecule has 0 saturated carbocycles. The van der Waals surface area contributed by atoms with Crippen LogP contribution in [0.5, 0.6) is 0 Å². The molecule has 0 bridgehead atoms. The van der Waals surface area contributed by atoms with Crippen LogP contribution in [-0.4, -0.2) is 37.7 Å². The smallest absolute Gasteiger partial charge is 0.327 e. The van der Waals surface area contributed by atoms with E-state index in [0.29, 0.717) is 43.8 Å². The molecule has 0 aromatic carbocycles. The molecule has 2 N–H and O–H groups in total. The van der Waals surface area contributed by atoms with Gasteiger partial charge in [0.15, 0.2) is 5.65 Å². The summed E-state index contributed by atoms with van der Waals surface area (Å²) in [4.78, 5) is 27.3. The summed E-state index contributed by atoms with van der Waals surface area (Å²) < 4.78 is 7.03. The van der Waals surface area contributed by atoms with Gasteiger partial charge in [-0.2, -0.15) is 5.26 Å². The van der Waals surface area contributed by atoms with Gasteiger partial charge >= 0.3 is 5.69 Å². The highest BCUT2D eigenvalue weighted by atomic mass is 16.5. The highest BCUT2D eigenvalue weighted by Gasteiger charge is 2.34. The van der Waals surface area contributed by atoms with Crippen molar-refractivity contribution >= 4 is 22.2 Å². The summed E-state index contributed by atoms with van der Waals surface area (Å²) in [5, 5.41) is 10.8. The summed E-state index contributed by atoms with van der Waals surface area (Å²) in [5.41, 5.74) is 2.98. The molecule has 5 heterocycles. The number of aromatic amines is 2. The van der Waals surface area contributed by atoms with Gasteiger partial charge in [0.05, 0.1) is 17.0 Å². The summed E-state index contributed by atoms with van der Waals surface area (Å²) in [5.74, 6) is 0. The Kier molecular flexibility index (Phi) is 3.77. The average Bonchev–Trinajstić information content (AvgIpc) is 3.32. The standard InChI is InChI=1S/C20H18N6O2/c21-11-20(2-5-28-6-3-20)12-26-16-8-15(10-24-18(16)25-19(26)27)14-7-13-1-4-22-17(13)23-9-14/h1,4,7-10H,2-3,5-6,12H2,(H,22,23)(H,24,25,27). The van der Waals surface area contributed by atoms with Crippen molar-refractivity contribution in [2.45, 2.75) is 19.4 Å². The van der Waals surface area contributed by atoms with Gasteiger partial charge in [-0.25, -0.2) is 14.8 Å². The van der Waals surface area contributed by atoms with Gasteiger partial charge in [-0.3, -0.25) is 9.55 Å². The lowest BCUT2D eigenvalue weighted by molar-refractivity contribution is 0.0334. The maximum atomic E-state index is 12.6. The SMILES string of the molecule is N#CC1(Cn2c(=O)[nH]c3ncc(-c4cnc5[nH]ccc5c4)cc32)CCOCC1. The van der Waals surface area contributed by atoms with Gasteiger partial charge in [-0.05, 0) is 31.0 Å². The predicted octanol–water partition coefficient (Wildman–Crippen LogP) is 2.59. The molecule has 8 nitrogen and oxygen atoms in total. The number of nitriles is 1. The monoisotopic (exact) mass is 374 g/mol. The van der Waals surface area contributed by atoms with Crippen LogP contribution in [0.15, 0.2) is 41.6 Å². The first-order valence-corrected chi connectivity index (χ1v) is 9.19. The van der Waals surface area contributed by atoms with E-state index in [0.717, 1.165) is 22.2 Å². The zero-order chi connectivity index (χ0) is 19.1. The van der Waals surface area contributed by atoms with Crippen molar-refractivity contribution in [1.29, 1.82) is 5.26 Å². The predicted molar refractivity (Wildman–Crippen MR) is 104 cm³/mol. The Labute approximate surface area is 159 Å². The van der Waals surface area contributed by atoms with Crippen LogP contribution < -0.4 is 5.69 Å². The van der Waals surface area contributed by atoms with Crippen LogP contribution in [0.2, 0.25) is 0 Å². The molecule has 140 valence electrons. The molecule has 1 saturated heterocycles. The van der Waals surface area contributed by atoms with E-state index >= 15 is 0 Å². The van der Waals surface area contributed by atoms with Crippen molar-refractivity contribution in [2.75, 3.05) is 13.2 Å². The Morgan fingerprint density at radius 2 is 1.93 bits per heavy atom. The molecule has 8 heteroatoms. The van der Waals surface area contributed by atoms with Gasteiger partial charge in [0.1, 0.15) is 5.65 Å². The minimum absolute atomic E-state index is 0.250. The number of rotatable bonds is 3. The molecule has 0 radical (unpaired) electrons. The quantitative estimate of drug-likeness (QED) is 0.572. The number of hydrogen-bond acceptors (Lipinski definition) is 5. The molecular weight excluding hydrogens is 356 g/mol. The Morgan fingerprint density at radius 3 is 2.71 bits per heavy atom. The van der Waals surface area contributed by atoms with Crippen LogP contribution >= 0.6 is 0 Å². The van der Waals surface area contributed by atoms with E-state index in [4.69, 9.17) is 4.74 Å². The Bertz CT molecular complexity index is 1270. The number of imidazole rings is 1. The Balaban J connectivity index is 1.60. The van der Waals surface area contributed by atoms with Crippen LogP contribution in [0.25, 0.3) is 33.3 Å². The molecule has 5 rings (SSSR count). The molecule has 0 atom stereocenters. The average molecular weight is 374 g/mol. The summed E-state index contributed by atoms with van der Waals surface area (Å²) in [6.07, 6.45) is 6.59. The number of H-pyrrole nitrogens is 2. The van der Waals surface area contributed by atoms with Crippen LogP contribution in [0, 0.1) is 16.7 Å². The molecule has 1 fully saturated rings. The Morgan fingerprint density at radius 1 is 1.18 bits per heavy atom. The van der Waals surface area contributed by atoms with E-state index < -0.39 is 5.41 Å². The minimum Gasteiger partial charge on any atom is -0.381 e. The normalized spacial score (nSPS) is 16.4. The van der Waals surface area contributed by atoms with E-state index in [-0.39, 0.29) is 5.69 Å². The molecule has 1 aliphatic rings. The van der Waals surface area contributed by atoms with Crippen molar-refractivity contribution in [2.24, 2.45) is 5.41 Å². The first kappa shape index (κ1) is 16.7. The van der Waals surface area contributed by atoms with Crippen LogP contribution in [0.1, 0.15) is 12.8 Å². The van der Waals surface area contributed by atoms with Crippen molar-refractivity contribution < 1.29 is 4.74 Å². The molecule has 0 unspecified atom stereocenters.